The Morgan fingerprint density at radius 1 is 0.750 bits per heavy atom. The van der Waals surface area contributed by atoms with Gasteiger partial charge in [0.05, 0.1) is 0 Å². The van der Waals surface area contributed by atoms with Crippen molar-refractivity contribution in [3.63, 3.8) is 0 Å². The Balaban J connectivity index is 0.00000144. The largest absolute Gasteiger partial charge is 1.00 e. The van der Waals surface area contributed by atoms with Gasteiger partial charge in [-0.2, -0.15) is 0 Å². The van der Waals surface area contributed by atoms with Crippen LogP contribution in [0.15, 0.2) is 58.5 Å². The standard InChI is InChI=1S/C21H25.C5H5.C3H4.2ClH.Ti/c1-20(2,3)16-9-7-14-11-15-8-10-17(21(4,5)6)13-19(15)18(14)12-16;1-2-4-5-3-1;1-2-3-1;;;/h7-13H,1-6H3;1-3H,4H2;1-2H2;2*1H;/q;;;;;+2/p-2. The van der Waals surface area contributed by atoms with Crippen molar-refractivity contribution >= 4 is 3.81 Å². The van der Waals surface area contributed by atoms with Crippen molar-refractivity contribution in [1.29, 1.82) is 0 Å². The average Bonchev–Trinajstić information content (AvgIpc) is 3.26. The maximum absolute atomic E-state index is 2.52. The van der Waals surface area contributed by atoms with Gasteiger partial charge in [0.15, 0.2) is 0 Å². The van der Waals surface area contributed by atoms with Gasteiger partial charge in [0.25, 0.3) is 0 Å². The van der Waals surface area contributed by atoms with Crippen LogP contribution >= 0.6 is 0 Å². The normalized spacial score (nSPS) is 16.4. The number of allylic oxidation sites excluding steroid dienone is 4. The molecule has 0 saturated heterocycles. The van der Waals surface area contributed by atoms with Crippen molar-refractivity contribution in [2.75, 3.05) is 0 Å². The van der Waals surface area contributed by atoms with Crippen LogP contribution in [0.3, 0.4) is 0 Å². The number of hydrogen-bond donors (Lipinski definition) is 0. The maximum atomic E-state index is 2.52. The summed E-state index contributed by atoms with van der Waals surface area (Å²) in [5.74, 6) is 0. The minimum Gasteiger partial charge on any atom is -1.00 e. The Morgan fingerprint density at radius 2 is 1.25 bits per heavy atom. The fourth-order valence-corrected chi connectivity index (χ4v) is 10.8. The molecule has 3 aliphatic rings. The van der Waals surface area contributed by atoms with Crippen LogP contribution in [0.1, 0.15) is 87.3 Å². The molecule has 0 aromatic heterocycles. The first-order valence-electron chi connectivity index (χ1n) is 11.5. The summed E-state index contributed by atoms with van der Waals surface area (Å²) in [5, 5.41) is 0. The van der Waals surface area contributed by atoms with Gasteiger partial charge in [-0.25, -0.2) is 0 Å². The molecule has 1 saturated carbocycles. The van der Waals surface area contributed by atoms with Crippen molar-refractivity contribution in [3.8, 4) is 11.1 Å². The van der Waals surface area contributed by atoms with Crippen LogP contribution in [-0.2, 0) is 28.2 Å². The van der Waals surface area contributed by atoms with Crippen LogP contribution in [-0.4, -0.2) is 3.81 Å². The summed E-state index contributed by atoms with van der Waals surface area (Å²) in [7, 11) is 0. The Kier molecular flexibility index (Phi) is 7.25. The first kappa shape index (κ1) is 25.7. The van der Waals surface area contributed by atoms with Gasteiger partial charge in [-0.3, -0.25) is 0 Å². The van der Waals surface area contributed by atoms with E-state index in [4.69, 9.17) is 0 Å². The number of hydrogen-bond acceptors (Lipinski definition) is 0. The monoisotopic (exact) mass is 500 g/mol. The van der Waals surface area contributed by atoms with Gasteiger partial charge in [0, 0.05) is 0 Å². The molecule has 0 unspecified atom stereocenters. The fourth-order valence-electron chi connectivity index (χ4n) is 5.09. The Labute approximate surface area is 212 Å². The summed E-state index contributed by atoms with van der Waals surface area (Å²) in [6.45, 7) is 14.0. The van der Waals surface area contributed by atoms with Crippen LogP contribution in [0, 0.1) is 0 Å². The average molecular weight is 501 g/mol. The van der Waals surface area contributed by atoms with Crippen molar-refractivity contribution in [2.24, 2.45) is 0 Å². The fraction of sp³-hybridized carbons (Fsp3) is 0.414. The molecule has 0 aliphatic heterocycles. The molecule has 0 radical (unpaired) electrons. The third kappa shape index (κ3) is 4.54. The predicted octanol–water partition coefficient (Wildman–Crippen LogP) is 1.79. The molecule has 0 atom stereocenters. The smallest absolute Gasteiger partial charge is 1.00 e. The van der Waals surface area contributed by atoms with Gasteiger partial charge in [-0.15, -0.1) is 0 Å². The second-order valence-corrected chi connectivity index (χ2v) is 15.7. The van der Waals surface area contributed by atoms with Crippen LogP contribution in [0.4, 0.5) is 0 Å². The summed E-state index contributed by atoms with van der Waals surface area (Å²) >= 11 is -1.52. The second kappa shape index (κ2) is 9.03. The van der Waals surface area contributed by atoms with E-state index in [-0.39, 0.29) is 35.6 Å². The molecule has 0 nitrogen and oxygen atoms in total. The zero-order valence-electron chi connectivity index (χ0n) is 20.2. The molecule has 0 bridgehead atoms. The Hall–Kier alpha value is -0.916. The van der Waals surface area contributed by atoms with Crippen molar-refractivity contribution in [1.82, 2.24) is 0 Å². The first-order valence-corrected chi connectivity index (χ1v) is 14.0. The van der Waals surface area contributed by atoms with E-state index >= 15 is 0 Å². The van der Waals surface area contributed by atoms with E-state index < -0.39 is 17.4 Å². The topological polar surface area (TPSA) is 0 Å². The van der Waals surface area contributed by atoms with E-state index in [1.165, 1.54) is 41.5 Å². The van der Waals surface area contributed by atoms with Crippen LogP contribution in [0.25, 0.3) is 11.1 Å². The third-order valence-electron chi connectivity index (χ3n) is 7.04. The molecule has 3 aliphatic carbocycles. The summed E-state index contributed by atoms with van der Waals surface area (Å²) in [6, 6.07) is 14.9. The summed E-state index contributed by atoms with van der Waals surface area (Å²) in [5.41, 5.74) is 9.54. The Bertz CT molecular complexity index is 1070. The second-order valence-electron chi connectivity index (χ2n) is 11.4. The number of fused-ring (bicyclic) bond motifs is 3. The zero-order valence-corrected chi connectivity index (χ0v) is 23.2. The maximum Gasteiger partial charge on any atom is -1.00 e. The van der Waals surface area contributed by atoms with Crippen molar-refractivity contribution in [2.45, 2.75) is 75.9 Å². The van der Waals surface area contributed by atoms with Crippen LogP contribution in [0.2, 0.25) is 0 Å². The van der Waals surface area contributed by atoms with E-state index in [0.29, 0.717) is 4.22 Å². The minimum atomic E-state index is -1.52. The number of rotatable bonds is 2. The summed E-state index contributed by atoms with van der Waals surface area (Å²) in [6.07, 6.45) is 11.1. The molecule has 0 heterocycles. The molecule has 168 valence electrons. The third-order valence-corrected chi connectivity index (χ3v) is 12.5. The van der Waals surface area contributed by atoms with Gasteiger partial charge in [0.2, 0.25) is 0 Å². The Morgan fingerprint density at radius 3 is 1.62 bits per heavy atom. The SMILES string of the molecule is CC(C)(C)c1ccc2c(c1)-c1cc(C(C)(C)C)ccc1[CH]2[Ti+2]([C]1=CC=CC1)=[C]1CC1.[Cl-].[Cl-]. The van der Waals surface area contributed by atoms with Crippen LogP contribution < -0.4 is 24.8 Å². The van der Waals surface area contributed by atoms with E-state index in [0.717, 1.165) is 0 Å². The predicted molar refractivity (Wildman–Crippen MR) is 127 cm³/mol. The minimum absolute atomic E-state index is 0. The quantitative estimate of drug-likeness (QED) is 0.551. The van der Waals surface area contributed by atoms with Gasteiger partial charge in [0.1, 0.15) is 0 Å². The number of halogens is 2. The van der Waals surface area contributed by atoms with E-state index in [2.05, 4.69) is 96.2 Å². The van der Waals surface area contributed by atoms with Gasteiger partial charge >= 0.3 is 189 Å². The molecule has 2 aromatic rings. The van der Waals surface area contributed by atoms with E-state index in [9.17, 15) is 0 Å². The van der Waals surface area contributed by atoms with Gasteiger partial charge in [-0.05, 0) is 0 Å². The number of benzene rings is 2. The molecule has 32 heavy (non-hydrogen) atoms. The zero-order chi connectivity index (χ0) is 21.3. The van der Waals surface area contributed by atoms with Crippen molar-refractivity contribution in [3.05, 3.63) is 80.8 Å². The molecule has 0 amide bonds. The first-order chi connectivity index (χ1) is 14.1. The van der Waals surface area contributed by atoms with Crippen LogP contribution in [0.5, 0.6) is 0 Å². The molecule has 1 fully saturated rings. The summed E-state index contributed by atoms with van der Waals surface area (Å²) in [4.78, 5) is 0. The molecule has 3 heteroatoms. The molecular weight excluding hydrogens is 467 g/mol. The molecule has 0 spiro atoms. The summed E-state index contributed by atoms with van der Waals surface area (Å²) < 4.78 is 4.35. The van der Waals surface area contributed by atoms with Gasteiger partial charge in [-0.1, -0.05) is 0 Å². The van der Waals surface area contributed by atoms with E-state index in [1.807, 2.05) is 3.81 Å². The molecule has 5 rings (SSSR count). The molecule has 2 aromatic carbocycles. The van der Waals surface area contributed by atoms with E-state index in [1.54, 1.807) is 15.0 Å². The van der Waals surface area contributed by atoms with Gasteiger partial charge < -0.3 is 24.8 Å². The van der Waals surface area contributed by atoms with Crippen molar-refractivity contribution < 1.29 is 42.2 Å². The molecule has 0 N–H and O–H groups in total. The molecular formula is C29H34Cl2Ti.